The molecule has 0 saturated heterocycles. The summed E-state index contributed by atoms with van der Waals surface area (Å²) < 4.78 is 2.15. The van der Waals surface area contributed by atoms with Gasteiger partial charge in [0.1, 0.15) is 0 Å². The lowest BCUT2D eigenvalue weighted by molar-refractivity contribution is 1.07. The normalized spacial score (nSPS) is 11.4. The quantitative estimate of drug-likeness (QED) is 0.215. The second-order valence-corrected chi connectivity index (χ2v) is 10.3. The Balaban J connectivity index is 1.27. The Morgan fingerprint density at radius 2 is 0.732 bits per heavy atom. The second kappa shape index (κ2) is 9.58. The smallest absolute Gasteiger partial charge is 0.168 e. The topological polar surface area (TPSA) is 30.7 Å². The van der Waals surface area contributed by atoms with Crippen LogP contribution in [0.1, 0.15) is 0 Å². The summed E-state index contributed by atoms with van der Waals surface area (Å²) in [7, 11) is 0. The first kappa shape index (κ1) is 23.4. The Hall–Kier alpha value is -5.54. The molecule has 0 radical (unpaired) electrons. The fourth-order valence-corrected chi connectivity index (χ4v) is 5.97. The van der Waals surface area contributed by atoms with Crippen molar-refractivity contribution >= 4 is 32.3 Å². The molecule has 3 heteroatoms. The van der Waals surface area contributed by atoms with Gasteiger partial charge in [-0.25, -0.2) is 0 Å². The molecule has 7 aromatic carbocycles. The number of benzene rings is 7. The van der Waals surface area contributed by atoms with Crippen molar-refractivity contribution in [3.05, 3.63) is 152 Å². The third-order valence-electron chi connectivity index (χ3n) is 7.93. The van der Waals surface area contributed by atoms with E-state index in [2.05, 4.69) is 130 Å². The highest BCUT2D eigenvalue weighted by atomic mass is 15.3. The van der Waals surface area contributed by atoms with Crippen molar-refractivity contribution in [3.8, 4) is 39.6 Å². The summed E-state index contributed by atoms with van der Waals surface area (Å²) in [6.45, 7) is 0. The van der Waals surface area contributed by atoms with E-state index in [9.17, 15) is 0 Å². The molecular formula is C38H25N3. The van der Waals surface area contributed by atoms with Gasteiger partial charge in [-0.2, -0.15) is 0 Å². The molecule has 1 heterocycles. The molecule has 0 aliphatic rings. The molecule has 3 nitrogen and oxygen atoms in total. The van der Waals surface area contributed by atoms with Crippen LogP contribution in [0.5, 0.6) is 0 Å². The minimum absolute atomic E-state index is 0.821. The Bertz CT molecular complexity index is 2090. The summed E-state index contributed by atoms with van der Waals surface area (Å²) in [6.07, 6.45) is 0. The van der Waals surface area contributed by atoms with Crippen molar-refractivity contribution in [1.29, 1.82) is 0 Å². The fourth-order valence-electron chi connectivity index (χ4n) is 5.97. The van der Waals surface area contributed by atoms with Crippen LogP contribution < -0.4 is 0 Å². The van der Waals surface area contributed by atoms with E-state index < -0.39 is 0 Å². The molecule has 0 bridgehead atoms. The number of aromatic nitrogens is 3. The van der Waals surface area contributed by atoms with Crippen molar-refractivity contribution in [3.63, 3.8) is 0 Å². The van der Waals surface area contributed by atoms with Crippen LogP contribution in [0.25, 0.3) is 71.9 Å². The lowest BCUT2D eigenvalue weighted by Crippen LogP contribution is -2.00. The zero-order valence-electron chi connectivity index (χ0n) is 22.3. The van der Waals surface area contributed by atoms with Crippen LogP contribution in [0.4, 0.5) is 0 Å². The number of nitrogens with zero attached hydrogens (tertiary/aromatic N) is 3. The number of fused-ring (bicyclic) bond motifs is 6. The summed E-state index contributed by atoms with van der Waals surface area (Å²) in [5.74, 6) is 1.64. The maximum atomic E-state index is 4.62. The first-order chi connectivity index (χ1) is 20.3. The summed E-state index contributed by atoms with van der Waals surface area (Å²) in [6, 6.07) is 53.5. The van der Waals surface area contributed by atoms with Gasteiger partial charge < -0.3 is 0 Å². The molecule has 0 aliphatic carbocycles. The van der Waals surface area contributed by atoms with Crippen LogP contribution in [0.3, 0.4) is 0 Å². The Morgan fingerprint density at radius 3 is 1.24 bits per heavy atom. The summed E-state index contributed by atoms with van der Waals surface area (Å²) in [5.41, 5.74) is 5.44. The Labute approximate surface area is 238 Å². The number of rotatable bonds is 4. The van der Waals surface area contributed by atoms with Crippen LogP contribution >= 0.6 is 0 Å². The van der Waals surface area contributed by atoms with E-state index in [4.69, 9.17) is 0 Å². The van der Waals surface area contributed by atoms with Gasteiger partial charge in [-0.1, -0.05) is 133 Å². The predicted molar refractivity (Wildman–Crippen MR) is 170 cm³/mol. The van der Waals surface area contributed by atoms with Gasteiger partial charge in [0.25, 0.3) is 0 Å². The molecule has 0 atom stereocenters. The van der Waals surface area contributed by atoms with Crippen LogP contribution in [0, 0.1) is 0 Å². The van der Waals surface area contributed by atoms with Crippen molar-refractivity contribution in [2.75, 3.05) is 0 Å². The SMILES string of the molecule is c1ccc(-c2nnc(-c3ccccc3)n2-c2ccc(-c3ccc4c5ccccc5c5ccccc5c4c3)cc2)cc1. The maximum absolute atomic E-state index is 4.62. The number of hydrogen-bond donors (Lipinski definition) is 0. The summed E-state index contributed by atoms with van der Waals surface area (Å²) in [4.78, 5) is 0. The van der Waals surface area contributed by atoms with Gasteiger partial charge in [-0.05, 0) is 61.6 Å². The largest absolute Gasteiger partial charge is 0.275 e. The lowest BCUT2D eigenvalue weighted by atomic mass is 9.92. The summed E-state index contributed by atoms with van der Waals surface area (Å²) >= 11 is 0. The third-order valence-corrected chi connectivity index (χ3v) is 7.93. The van der Waals surface area contributed by atoms with Crippen LogP contribution in [0.2, 0.25) is 0 Å². The minimum atomic E-state index is 0.821. The molecule has 0 fully saturated rings. The van der Waals surface area contributed by atoms with Crippen molar-refractivity contribution in [1.82, 2.24) is 14.8 Å². The number of hydrogen-bond acceptors (Lipinski definition) is 2. The first-order valence-corrected chi connectivity index (χ1v) is 13.9. The van der Waals surface area contributed by atoms with E-state index in [1.807, 2.05) is 36.4 Å². The van der Waals surface area contributed by atoms with E-state index in [0.29, 0.717) is 0 Å². The van der Waals surface area contributed by atoms with Crippen LogP contribution in [-0.2, 0) is 0 Å². The van der Waals surface area contributed by atoms with Gasteiger partial charge in [0.05, 0.1) is 0 Å². The minimum Gasteiger partial charge on any atom is -0.275 e. The van der Waals surface area contributed by atoms with E-state index in [1.54, 1.807) is 0 Å². The highest BCUT2D eigenvalue weighted by Crippen LogP contribution is 2.37. The predicted octanol–water partition coefficient (Wildman–Crippen LogP) is 9.73. The van der Waals surface area contributed by atoms with Gasteiger partial charge in [-0.3, -0.25) is 4.57 Å². The van der Waals surface area contributed by atoms with Gasteiger partial charge in [-0.15, -0.1) is 10.2 Å². The van der Waals surface area contributed by atoms with Gasteiger partial charge in [0.2, 0.25) is 0 Å². The molecule has 8 aromatic rings. The van der Waals surface area contributed by atoms with E-state index >= 15 is 0 Å². The molecule has 0 spiro atoms. The zero-order chi connectivity index (χ0) is 27.2. The molecule has 8 rings (SSSR count). The molecular weight excluding hydrogens is 498 g/mol. The third kappa shape index (κ3) is 3.90. The molecule has 0 aliphatic heterocycles. The zero-order valence-corrected chi connectivity index (χ0v) is 22.3. The first-order valence-electron chi connectivity index (χ1n) is 13.9. The average molecular weight is 524 g/mol. The Kier molecular flexibility index (Phi) is 5.46. The van der Waals surface area contributed by atoms with E-state index in [-0.39, 0.29) is 0 Å². The van der Waals surface area contributed by atoms with E-state index in [1.165, 1.54) is 43.4 Å². The summed E-state index contributed by atoms with van der Waals surface area (Å²) in [5, 5.41) is 17.0. The molecule has 41 heavy (non-hydrogen) atoms. The standard InChI is InChI=1S/C38H25N3/c1-3-11-27(12-4-1)37-39-40-38(28-13-5-2-6-14-28)41(37)30-22-19-26(20-23-30)29-21-24-35-33-17-8-7-15-31(33)32-16-9-10-18-34(32)36(35)25-29/h1-25H. The van der Waals surface area contributed by atoms with Crippen molar-refractivity contribution in [2.24, 2.45) is 0 Å². The van der Waals surface area contributed by atoms with E-state index in [0.717, 1.165) is 28.5 Å². The highest BCUT2D eigenvalue weighted by Gasteiger charge is 2.17. The Morgan fingerprint density at radius 1 is 0.317 bits per heavy atom. The maximum Gasteiger partial charge on any atom is 0.168 e. The monoisotopic (exact) mass is 523 g/mol. The van der Waals surface area contributed by atoms with Gasteiger partial charge >= 0.3 is 0 Å². The lowest BCUT2D eigenvalue weighted by Gasteiger charge is -2.13. The van der Waals surface area contributed by atoms with Crippen LogP contribution in [-0.4, -0.2) is 14.8 Å². The molecule has 1 aromatic heterocycles. The molecule has 0 amide bonds. The molecule has 0 unspecified atom stereocenters. The second-order valence-electron chi connectivity index (χ2n) is 10.3. The van der Waals surface area contributed by atoms with Crippen molar-refractivity contribution in [2.45, 2.75) is 0 Å². The molecule has 192 valence electrons. The van der Waals surface area contributed by atoms with Gasteiger partial charge in [0, 0.05) is 16.8 Å². The van der Waals surface area contributed by atoms with Crippen LogP contribution in [0.15, 0.2) is 152 Å². The fraction of sp³-hybridized carbons (Fsp3) is 0. The molecule has 0 N–H and O–H groups in total. The van der Waals surface area contributed by atoms with Gasteiger partial charge in [0.15, 0.2) is 11.6 Å². The van der Waals surface area contributed by atoms with Crippen molar-refractivity contribution < 1.29 is 0 Å². The highest BCUT2D eigenvalue weighted by molar-refractivity contribution is 6.25. The average Bonchev–Trinajstić information content (AvgIpc) is 3.51. The molecule has 0 saturated carbocycles.